The van der Waals surface area contributed by atoms with E-state index in [1.54, 1.807) is 48.5 Å². The van der Waals surface area contributed by atoms with Gasteiger partial charge < -0.3 is 9.32 Å². The molecule has 0 aliphatic heterocycles. The van der Waals surface area contributed by atoms with Crippen molar-refractivity contribution in [1.82, 2.24) is 0 Å². The second-order valence-corrected chi connectivity index (χ2v) is 12.3. The largest absolute Gasteiger partial charge is 0.455 e. The lowest BCUT2D eigenvalue weighted by atomic mass is 10.0. The highest BCUT2D eigenvalue weighted by Gasteiger charge is 2.20. The van der Waals surface area contributed by atoms with E-state index in [0.29, 0.717) is 27.5 Å². The third-order valence-corrected chi connectivity index (χ3v) is 9.50. The maximum Gasteiger partial charge on any atom is 0.143 e. The fourth-order valence-corrected chi connectivity index (χ4v) is 7.13. The minimum absolute atomic E-state index is 0.00555. The zero-order valence-corrected chi connectivity index (χ0v) is 26.2. The molecule has 0 spiro atoms. The molecule has 0 unspecified atom stereocenters. The highest BCUT2D eigenvalue weighted by molar-refractivity contribution is 7.25. The van der Waals surface area contributed by atoms with E-state index in [9.17, 15) is 12.3 Å². The number of anilines is 3. The Bertz CT molecular complexity index is 3640. The fourth-order valence-electron chi connectivity index (χ4n) is 6.21. The number of rotatable bonds is 5. The molecule has 10 rings (SSSR count). The highest BCUT2D eigenvalue weighted by atomic mass is 32.1. The Morgan fingerprint density at radius 3 is 2.00 bits per heavy atom. The van der Waals surface area contributed by atoms with Crippen LogP contribution in [0.1, 0.15) is 20.6 Å². The standard InChI is InChI=1S/C46H29NOS/c1-2-9-30(10-3-1)31-17-23-35(24-18-31)47(41-14-8-15-42-45(41)39-27-21-33-11-4-5-12-37(33)46(39)48-42)36-25-19-32(20-26-36)34-22-28-44-40(29-34)38-13-6-7-16-43(38)49-44/h1-29H/i6D,7D,13D,16D,17D,18D,19D,20D,22D,23D,24D,25D,26D,28D,29D. The van der Waals surface area contributed by atoms with E-state index in [0.717, 1.165) is 22.1 Å². The van der Waals surface area contributed by atoms with Crippen LogP contribution in [0.15, 0.2) is 180 Å². The first-order valence-corrected chi connectivity index (χ1v) is 16.2. The van der Waals surface area contributed by atoms with Gasteiger partial charge in [0.1, 0.15) is 11.2 Å². The smallest absolute Gasteiger partial charge is 0.143 e. The molecule has 3 heteroatoms. The van der Waals surface area contributed by atoms with Crippen LogP contribution < -0.4 is 4.90 Å². The molecule has 0 saturated carbocycles. The van der Waals surface area contributed by atoms with E-state index in [1.807, 2.05) is 36.4 Å². The summed E-state index contributed by atoms with van der Waals surface area (Å²) in [5.41, 5.74) is -0.460. The van der Waals surface area contributed by atoms with Crippen molar-refractivity contribution in [2.45, 2.75) is 0 Å². The van der Waals surface area contributed by atoms with Crippen LogP contribution in [-0.4, -0.2) is 0 Å². The van der Waals surface area contributed by atoms with Crippen LogP contribution in [0.2, 0.25) is 0 Å². The zero-order chi connectivity index (χ0) is 45.4. The molecule has 10 aromatic rings. The average Bonchev–Trinajstić information content (AvgIpc) is 3.90. The van der Waals surface area contributed by atoms with Gasteiger partial charge in [0, 0.05) is 42.3 Å². The van der Waals surface area contributed by atoms with Gasteiger partial charge in [-0.3, -0.25) is 0 Å². The van der Waals surface area contributed by atoms with Gasteiger partial charge in [-0.05, 0) is 88.1 Å². The van der Waals surface area contributed by atoms with E-state index in [2.05, 4.69) is 0 Å². The summed E-state index contributed by atoms with van der Waals surface area (Å²) in [7, 11) is 0. The molecule has 8 aromatic carbocycles. The van der Waals surface area contributed by atoms with Gasteiger partial charge in [-0.1, -0.05) is 115 Å². The summed E-state index contributed by atoms with van der Waals surface area (Å²) in [4.78, 5) is 1.18. The van der Waals surface area contributed by atoms with Crippen LogP contribution in [0.3, 0.4) is 0 Å². The van der Waals surface area contributed by atoms with E-state index in [1.165, 1.54) is 4.90 Å². The summed E-state index contributed by atoms with van der Waals surface area (Å²) in [6.07, 6.45) is 0. The van der Waals surface area contributed by atoms with Crippen LogP contribution in [-0.2, 0) is 0 Å². The van der Waals surface area contributed by atoms with Crippen molar-refractivity contribution in [1.29, 1.82) is 0 Å². The molecule has 49 heavy (non-hydrogen) atoms. The monoisotopic (exact) mass is 658 g/mol. The predicted molar refractivity (Wildman–Crippen MR) is 210 cm³/mol. The molecular formula is C46H29NOS. The number of hydrogen-bond acceptors (Lipinski definition) is 3. The normalized spacial score (nSPS) is 16.0. The summed E-state index contributed by atoms with van der Waals surface area (Å²) >= 11 is 0.821. The minimum atomic E-state index is -0.755. The number of fused-ring (bicyclic) bond motifs is 8. The first-order chi connectivity index (χ1) is 30.6. The Morgan fingerprint density at radius 2 is 1.18 bits per heavy atom. The van der Waals surface area contributed by atoms with Crippen LogP contribution in [0.5, 0.6) is 0 Å². The second-order valence-electron chi connectivity index (χ2n) is 11.3. The molecule has 0 aliphatic carbocycles. The predicted octanol–water partition coefficient (Wildman–Crippen LogP) is 13.9. The van der Waals surface area contributed by atoms with Gasteiger partial charge in [0.15, 0.2) is 0 Å². The Morgan fingerprint density at radius 1 is 0.490 bits per heavy atom. The van der Waals surface area contributed by atoms with E-state index < -0.39 is 107 Å². The van der Waals surface area contributed by atoms with Gasteiger partial charge in [0.05, 0.1) is 31.6 Å². The molecule has 2 aromatic heterocycles. The van der Waals surface area contributed by atoms with Gasteiger partial charge in [0.25, 0.3) is 0 Å². The number of furan rings is 1. The van der Waals surface area contributed by atoms with Gasteiger partial charge in [-0.25, -0.2) is 0 Å². The minimum Gasteiger partial charge on any atom is -0.455 e. The zero-order valence-electron chi connectivity index (χ0n) is 40.3. The van der Waals surface area contributed by atoms with Crippen LogP contribution in [0.4, 0.5) is 17.1 Å². The van der Waals surface area contributed by atoms with Gasteiger partial charge in [0.2, 0.25) is 0 Å². The quantitative estimate of drug-likeness (QED) is 0.183. The molecule has 0 radical (unpaired) electrons. The lowest BCUT2D eigenvalue weighted by Gasteiger charge is -2.26. The number of thiophene rings is 1. The van der Waals surface area contributed by atoms with Crippen molar-refractivity contribution < 1.29 is 25.0 Å². The maximum absolute atomic E-state index is 9.65. The molecule has 0 N–H and O–H groups in total. The fraction of sp³-hybridized carbons (Fsp3) is 0. The van der Waals surface area contributed by atoms with Crippen LogP contribution in [0, 0.1) is 0 Å². The molecular weight excluding hydrogens is 615 g/mol. The third-order valence-electron chi connectivity index (χ3n) is 8.47. The molecule has 2 heterocycles. The number of nitrogens with zero attached hydrogens (tertiary/aromatic N) is 1. The summed E-state index contributed by atoms with van der Waals surface area (Å²) in [5.74, 6) is 0. The first-order valence-electron chi connectivity index (χ1n) is 22.9. The van der Waals surface area contributed by atoms with Crippen LogP contribution >= 0.6 is 11.3 Å². The van der Waals surface area contributed by atoms with E-state index in [4.69, 9.17) is 12.6 Å². The maximum atomic E-state index is 9.65. The summed E-state index contributed by atoms with van der Waals surface area (Å²) in [6.45, 7) is 0. The van der Waals surface area contributed by atoms with Gasteiger partial charge >= 0.3 is 0 Å². The van der Waals surface area contributed by atoms with Crippen molar-refractivity contribution in [3.8, 4) is 22.3 Å². The summed E-state index contributed by atoms with van der Waals surface area (Å²) in [5, 5.41) is 2.47. The molecule has 2 nitrogen and oxygen atoms in total. The summed E-state index contributed by atoms with van der Waals surface area (Å²) < 4.78 is 144. The number of benzene rings is 8. The first kappa shape index (κ1) is 16.8. The molecule has 0 atom stereocenters. The van der Waals surface area contributed by atoms with Crippen molar-refractivity contribution in [3.63, 3.8) is 0 Å². The third kappa shape index (κ3) is 4.62. The Labute approximate surface area is 308 Å². The topological polar surface area (TPSA) is 16.4 Å². The Kier molecular flexibility index (Phi) is 3.85. The van der Waals surface area contributed by atoms with Crippen LogP contribution in [0.25, 0.3) is 75.1 Å². The van der Waals surface area contributed by atoms with Gasteiger partial charge in [-0.2, -0.15) is 0 Å². The Hall–Kier alpha value is -6.16. The molecule has 0 fully saturated rings. The van der Waals surface area contributed by atoms with Crippen molar-refractivity contribution in [3.05, 3.63) is 176 Å². The SMILES string of the molecule is [2H]c1c([2H])c(N(c2c([2H])c([2H])c(-c3c([2H])c([2H])c4sc5c([2H])c([2H])c([2H])c([2H])c5c4c3[2H])c([2H])c2[2H])c2cccc3oc4c5ccccc5ccc4c23)c([2H])c([2H])c1-c1ccccc1. The molecule has 0 saturated heterocycles. The molecule has 0 bridgehead atoms. The van der Waals surface area contributed by atoms with Gasteiger partial charge in [-0.15, -0.1) is 11.3 Å². The van der Waals surface area contributed by atoms with Crippen molar-refractivity contribution >= 4 is 81.3 Å². The Balaban J connectivity index is 1.32. The van der Waals surface area contributed by atoms with E-state index >= 15 is 0 Å². The van der Waals surface area contributed by atoms with E-state index in [-0.39, 0.29) is 37.1 Å². The van der Waals surface area contributed by atoms with Crippen molar-refractivity contribution in [2.24, 2.45) is 0 Å². The molecule has 0 amide bonds. The highest BCUT2D eigenvalue weighted by Crippen LogP contribution is 2.45. The second kappa shape index (κ2) is 11.2. The molecule has 0 aliphatic rings. The number of hydrogen-bond donors (Lipinski definition) is 0. The molecule has 230 valence electrons. The van der Waals surface area contributed by atoms with Crippen molar-refractivity contribution in [2.75, 3.05) is 4.90 Å². The lowest BCUT2D eigenvalue weighted by Crippen LogP contribution is -2.10. The summed E-state index contributed by atoms with van der Waals surface area (Å²) in [6, 6.07) is 16.1. The lowest BCUT2D eigenvalue weighted by molar-refractivity contribution is 0.672. The average molecular weight is 659 g/mol.